The van der Waals surface area contributed by atoms with Crippen molar-refractivity contribution in [2.45, 2.75) is 44.9 Å². The molecule has 1 unspecified atom stereocenters. The topological polar surface area (TPSA) is 122 Å². The van der Waals surface area contributed by atoms with Crippen LogP contribution in [-0.2, 0) is 6.42 Å². The van der Waals surface area contributed by atoms with Crippen molar-refractivity contribution in [3.05, 3.63) is 88.6 Å². The van der Waals surface area contributed by atoms with E-state index in [4.69, 9.17) is 9.73 Å². The number of aliphatic imine (C=N–C) groups is 1. The summed E-state index contributed by atoms with van der Waals surface area (Å²) in [7, 11) is 0. The minimum atomic E-state index is -0.310. The van der Waals surface area contributed by atoms with Gasteiger partial charge in [0.1, 0.15) is 23.7 Å². The molecule has 2 heterocycles. The van der Waals surface area contributed by atoms with E-state index in [2.05, 4.69) is 17.5 Å². The Bertz CT molecular complexity index is 1330. The quantitative estimate of drug-likeness (QED) is 0.546. The van der Waals surface area contributed by atoms with E-state index in [0.717, 1.165) is 11.1 Å². The van der Waals surface area contributed by atoms with Crippen LogP contribution in [0.1, 0.15) is 53.4 Å². The van der Waals surface area contributed by atoms with Crippen LogP contribution < -0.4 is 10.1 Å². The number of hydrogen-bond donors (Lipinski definition) is 2. The number of nitriles is 2. The molecule has 2 atom stereocenters. The number of ether oxygens (including phenoxy) is 1. The molecule has 0 fully saturated rings. The molecule has 1 amide bonds. The Morgan fingerprint density at radius 3 is 2.68 bits per heavy atom. The highest BCUT2D eigenvalue weighted by Gasteiger charge is 2.28. The molecule has 8 nitrogen and oxygen atoms in total. The maximum Gasteiger partial charge on any atom is 0.251 e. The maximum atomic E-state index is 12.9. The molecule has 37 heavy (non-hydrogen) atoms. The fraction of sp³-hybridized carbons (Fsp3) is 0.310. The van der Waals surface area contributed by atoms with Crippen LogP contribution in [0.3, 0.4) is 0 Å². The first-order valence-corrected chi connectivity index (χ1v) is 12.3. The van der Waals surface area contributed by atoms with E-state index in [1.165, 1.54) is 6.07 Å². The number of hydrogen-bond acceptors (Lipinski definition) is 7. The van der Waals surface area contributed by atoms with Gasteiger partial charge in [0.05, 0.1) is 29.8 Å². The van der Waals surface area contributed by atoms with Crippen LogP contribution in [0.2, 0.25) is 0 Å². The number of amidine groups is 1. The zero-order chi connectivity index (χ0) is 26.4. The monoisotopic (exact) mass is 495 g/mol. The van der Waals surface area contributed by atoms with Crippen LogP contribution in [0.5, 0.6) is 5.75 Å². The van der Waals surface area contributed by atoms with Gasteiger partial charge < -0.3 is 20.1 Å². The predicted octanol–water partition coefficient (Wildman–Crippen LogP) is 3.80. The first-order valence-electron chi connectivity index (χ1n) is 12.3. The number of nitrogens with one attached hydrogen (secondary N) is 1. The van der Waals surface area contributed by atoms with Crippen molar-refractivity contribution in [1.82, 2.24) is 10.2 Å². The minimum Gasteiger partial charge on any atom is -0.490 e. The molecule has 0 saturated carbocycles. The van der Waals surface area contributed by atoms with E-state index in [0.29, 0.717) is 47.7 Å². The SMILES string of the molecule is CC(C)Oc1ccc(C(=O)N[C@H](CCO)Cc2ccc(C3CN4C=CC=C(C#N)C4=N3)cc2)cc1C#N. The summed E-state index contributed by atoms with van der Waals surface area (Å²) >= 11 is 0. The number of rotatable bonds is 9. The highest BCUT2D eigenvalue weighted by molar-refractivity contribution is 6.04. The van der Waals surface area contributed by atoms with E-state index in [1.54, 1.807) is 18.2 Å². The number of fused-ring (bicyclic) bond motifs is 1. The molecule has 2 aromatic rings. The summed E-state index contributed by atoms with van der Waals surface area (Å²) in [6.45, 7) is 4.36. The van der Waals surface area contributed by atoms with Crippen molar-refractivity contribution in [1.29, 1.82) is 10.5 Å². The third kappa shape index (κ3) is 6.06. The number of allylic oxidation sites excluding steroid dienone is 2. The summed E-state index contributed by atoms with van der Waals surface area (Å²) in [6, 6.07) is 16.8. The molecule has 2 N–H and O–H groups in total. The van der Waals surface area contributed by atoms with Crippen molar-refractivity contribution >= 4 is 11.7 Å². The zero-order valence-electron chi connectivity index (χ0n) is 20.9. The van der Waals surface area contributed by atoms with E-state index in [1.807, 2.05) is 55.3 Å². The van der Waals surface area contributed by atoms with Crippen molar-refractivity contribution < 1.29 is 14.6 Å². The van der Waals surface area contributed by atoms with Crippen LogP contribution >= 0.6 is 0 Å². The summed E-state index contributed by atoms with van der Waals surface area (Å²) < 4.78 is 5.64. The Morgan fingerprint density at radius 2 is 2.00 bits per heavy atom. The molecule has 0 bridgehead atoms. The molecule has 4 rings (SSSR count). The Balaban J connectivity index is 1.42. The third-order valence-corrected chi connectivity index (χ3v) is 6.19. The van der Waals surface area contributed by atoms with Crippen LogP contribution in [-0.4, -0.2) is 47.0 Å². The zero-order valence-corrected chi connectivity index (χ0v) is 20.9. The molecule has 188 valence electrons. The summed E-state index contributed by atoms with van der Waals surface area (Å²) in [5.74, 6) is 0.837. The lowest BCUT2D eigenvalue weighted by Crippen LogP contribution is -2.37. The normalized spacial score (nSPS) is 16.8. The van der Waals surface area contributed by atoms with Gasteiger partial charge in [0, 0.05) is 24.4 Å². The number of carbonyl (C=O) groups is 1. The van der Waals surface area contributed by atoms with Crippen LogP contribution in [0.15, 0.2) is 71.4 Å². The molecule has 0 radical (unpaired) electrons. The maximum absolute atomic E-state index is 12.9. The lowest BCUT2D eigenvalue weighted by molar-refractivity contribution is 0.0930. The summed E-state index contributed by atoms with van der Waals surface area (Å²) in [4.78, 5) is 19.7. The Morgan fingerprint density at radius 1 is 1.22 bits per heavy atom. The average molecular weight is 496 g/mol. The third-order valence-electron chi connectivity index (χ3n) is 6.19. The van der Waals surface area contributed by atoms with Crippen molar-refractivity contribution in [3.63, 3.8) is 0 Å². The van der Waals surface area contributed by atoms with Gasteiger partial charge in [-0.15, -0.1) is 0 Å². The lowest BCUT2D eigenvalue weighted by Gasteiger charge is -2.19. The molecule has 8 heteroatoms. The van der Waals surface area contributed by atoms with Gasteiger partial charge in [-0.05, 0) is 68.2 Å². The fourth-order valence-corrected chi connectivity index (χ4v) is 4.40. The number of benzene rings is 2. The lowest BCUT2D eigenvalue weighted by atomic mass is 9.99. The molecular weight excluding hydrogens is 466 g/mol. The van der Waals surface area contributed by atoms with Gasteiger partial charge in [0.25, 0.3) is 5.91 Å². The van der Waals surface area contributed by atoms with E-state index < -0.39 is 0 Å². The number of aliphatic hydroxyl groups is 1. The van der Waals surface area contributed by atoms with Gasteiger partial charge in [0.2, 0.25) is 0 Å². The molecular formula is C29H29N5O3. The van der Waals surface area contributed by atoms with E-state index >= 15 is 0 Å². The molecule has 2 aromatic carbocycles. The summed E-state index contributed by atoms with van der Waals surface area (Å²) in [5.41, 5.74) is 3.29. The molecule has 0 aliphatic carbocycles. The first kappa shape index (κ1) is 25.7. The van der Waals surface area contributed by atoms with Gasteiger partial charge in [-0.3, -0.25) is 9.79 Å². The summed E-state index contributed by atoms with van der Waals surface area (Å²) in [6.07, 6.45) is 6.41. The first-order chi connectivity index (χ1) is 17.9. The van der Waals surface area contributed by atoms with Gasteiger partial charge in [-0.1, -0.05) is 24.3 Å². The number of nitrogens with zero attached hydrogens (tertiary/aromatic N) is 4. The number of aliphatic hydroxyl groups excluding tert-OH is 1. The second-order valence-electron chi connectivity index (χ2n) is 9.27. The molecule has 0 aromatic heterocycles. The largest absolute Gasteiger partial charge is 0.490 e. The second-order valence-corrected chi connectivity index (χ2v) is 9.27. The molecule has 2 aliphatic heterocycles. The average Bonchev–Trinajstić information content (AvgIpc) is 3.33. The van der Waals surface area contributed by atoms with Crippen LogP contribution in [0.25, 0.3) is 0 Å². The second kappa shape index (κ2) is 11.6. The van der Waals surface area contributed by atoms with E-state index in [-0.39, 0.29) is 30.7 Å². The molecule has 2 aliphatic rings. The molecule has 0 saturated heterocycles. The Hall–Kier alpha value is -4.40. The highest BCUT2D eigenvalue weighted by Crippen LogP contribution is 2.29. The van der Waals surface area contributed by atoms with Gasteiger partial charge in [-0.25, -0.2) is 0 Å². The van der Waals surface area contributed by atoms with Crippen LogP contribution in [0, 0.1) is 22.7 Å². The van der Waals surface area contributed by atoms with Gasteiger partial charge in [0.15, 0.2) is 0 Å². The standard InChI is InChI=1S/C29H29N5O3/c1-19(2)37-27-10-9-22(15-24(27)17-31)29(36)32-25(11-13-35)14-20-5-7-21(8-6-20)26-18-34-12-3-4-23(16-30)28(34)33-26/h3-10,12,15,19,25-26,35H,11,13-14,18H2,1-2H3,(H,32,36)/t25-,26?/m1/s1. The van der Waals surface area contributed by atoms with Crippen LogP contribution in [0.4, 0.5) is 0 Å². The van der Waals surface area contributed by atoms with Gasteiger partial charge in [-0.2, -0.15) is 10.5 Å². The smallest absolute Gasteiger partial charge is 0.251 e. The van der Waals surface area contributed by atoms with Crippen molar-refractivity contribution in [2.24, 2.45) is 4.99 Å². The molecule has 0 spiro atoms. The van der Waals surface area contributed by atoms with Gasteiger partial charge >= 0.3 is 0 Å². The van der Waals surface area contributed by atoms with Crippen molar-refractivity contribution in [3.8, 4) is 17.9 Å². The minimum absolute atomic E-state index is 0.0616. The Kier molecular flexibility index (Phi) is 8.02. The summed E-state index contributed by atoms with van der Waals surface area (Å²) in [5, 5.41) is 31.4. The fourth-order valence-electron chi connectivity index (χ4n) is 4.40. The number of carbonyl (C=O) groups excluding carboxylic acids is 1. The predicted molar refractivity (Wildman–Crippen MR) is 140 cm³/mol. The Labute approximate surface area is 216 Å². The highest BCUT2D eigenvalue weighted by atomic mass is 16.5. The van der Waals surface area contributed by atoms with E-state index in [9.17, 15) is 20.4 Å². The van der Waals surface area contributed by atoms with Crippen molar-refractivity contribution in [2.75, 3.05) is 13.2 Å². The number of amides is 1.